The molecule has 0 amide bonds. The second-order valence-corrected chi connectivity index (χ2v) is 8.75. The highest BCUT2D eigenvalue weighted by molar-refractivity contribution is 14.1. The van der Waals surface area contributed by atoms with Crippen LogP contribution in [0.15, 0.2) is 24.3 Å². The number of ether oxygens (including phenoxy) is 1. The Labute approximate surface area is 176 Å². The summed E-state index contributed by atoms with van der Waals surface area (Å²) in [7, 11) is 0. The number of rotatable bonds is 4. The molecule has 7 heteroatoms. The van der Waals surface area contributed by atoms with Crippen LogP contribution < -0.4 is 4.74 Å². The number of carbonyl (C=O) groups is 1. The van der Waals surface area contributed by atoms with Crippen LogP contribution in [0.2, 0.25) is 0 Å². The Bertz CT molecular complexity index is 655. The van der Waals surface area contributed by atoms with Gasteiger partial charge in [0.15, 0.2) is 5.75 Å². The van der Waals surface area contributed by atoms with E-state index in [1.165, 1.54) is 0 Å². The Morgan fingerprint density at radius 3 is 1.95 bits per heavy atom. The van der Waals surface area contributed by atoms with Gasteiger partial charge in [0, 0.05) is 6.42 Å². The van der Waals surface area contributed by atoms with Crippen molar-refractivity contribution in [2.45, 2.75) is 6.42 Å². The minimum atomic E-state index is 0.272. The van der Waals surface area contributed by atoms with Gasteiger partial charge in [-0.05, 0) is 120 Å². The quantitative estimate of drug-likeness (QED) is 0.342. The first-order chi connectivity index (χ1) is 9.92. The van der Waals surface area contributed by atoms with Gasteiger partial charge in [-0.3, -0.25) is 0 Å². The minimum Gasteiger partial charge on any atom is -0.506 e. The van der Waals surface area contributed by atoms with Gasteiger partial charge in [0.1, 0.15) is 17.8 Å². The summed E-state index contributed by atoms with van der Waals surface area (Å²) in [5, 5.41) is 9.79. The van der Waals surface area contributed by atoms with Gasteiger partial charge in [0.25, 0.3) is 0 Å². The Kier molecular flexibility index (Phi) is 6.80. The molecule has 0 fully saturated rings. The van der Waals surface area contributed by atoms with E-state index in [0.717, 1.165) is 31.9 Å². The number of phenols is 1. The molecule has 0 atom stereocenters. The summed E-state index contributed by atoms with van der Waals surface area (Å²) in [5.74, 6) is 1.72. The third-order valence-corrected chi connectivity index (χ3v) is 5.83. The van der Waals surface area contributed by atoms with Crippen LogP contribution in [0.3, 0.4) is 0 Å². The van der Waals surface area contributed by atoms with Crippen LogP contribution in [-0.2, 0) is 11.2 Å². The molecule has 110 valence electrons. The topological polar surface area (TPSA) is 46.5 Å². The van der Waals surface area contributed by atoms with Crippen molar-refractivity contribution >= 4 is 96.6 Å². The van der Waals surface area contributed by atoms with Gasteiger partial charge in [-0.2, -0.15) is 0 Å². The molecular weight excluding hydrogens is 724 g/mol. The molecule has 0 saturated carbocycles. The van der Waals surface area contributed by atoms with Crippen molar-refractivity contribution < 1.29 is 14.6 Å². The Balaban J connectivity index is 2.38. The Hall–Kier alpha value is 0.630. The number of aromatic hydroxyl groups is 1. The smallest absolute Gasteiger partial charge is 0.154 e. The minimum absolute atomic E-state index is 0.272. The summed E-state index contributed by atoms with van der Waals surface area (Å²) in [6, 6.07) is 7.48. The van der Waals surface area contributed by atoms with Crippen LogP contribution >= 0.6 is 90.4 Å². The fourth-order valence-corrected chi connectivity index (χ4v) is 5.47. The van der Waals surface area contributed by atoms with Gasteiger partial charge < -0.3 is 14.6 Å². The van der Waals surface area contributed by atoms with E-state index < -0.39 is 0 Å². The van der Waals surface area contributed by atoms with Crippen molar-refractivity contribution in [3.63, 3.8) is 0 Å². The van der Waals surface area contributed by atoms with E-state index in [4.69, 9.17) is 4.74 Å². The molecule has 0 heterocycles. The molecule has 2 aromatic rings. The van der Waals surface area contributed by atoms with Gasteiger partial charge in [0.05, 0.1) is 14.3 Å². The van der Waals surface area contributed by atoms with Crippen LogP contribution in [0.1, 0.15) is 5.56 Å². The first kappa shape index (κ1) is 18.0. The van der Waals surface area contributed by atoms with Crippen molar-refractivity contribution in [1.82, 2.24) is 0 Å². The second-order valence-electron chi connectivity index (χ2n) is 4.10. The normalized spacial score (nSPS) is 10.5. The van der Waals surface area contributed by atoms with E-state index >= 15 is 0 Å². The van der Waals surface area contributed by atoms with Crippen molar-refractivity contribution in [3.8, 4) is 17.2 Å². The number of benzene rings is 2. The van der Waals surface area contributed by atoms with Crippen LogP contribution in [0, 0.1) is 14.3 Å². The van der Waals surface area contributed by atoms with Crippen LogP contribution in [0.5, 0.6) is 17.2 Å². The van der Waals surface area contributed by atoms with Gasteiger partial charge in [-0.1, -0.05) is 0 Å². The predicted molar refractivity (Wildman–Crippen MR) is 115 cm³/mol. The summed E-state index contributed by atoms with van der Waals surface area (Å²) in [4.78, 5) is 10.6. The molecule has 0 unspecified atom stereocenters. The van der Waals surface area contributed by atoms with E-state index in [9.17, 15) is 9.90 Å². The standard InChI is InChI=1S/C14H8I4O3/c15-9-5-8(6-10(16)13(9)20)21-14-11(17)3-7(1-2-19)4-12(14)18/h2-6,20H,1H2. The molecule has 2 rings (SSSR count). The maximum Gasteiger partial charge on any atom is 0.154 e. The first-order valence-electron chi connectivity index (χ1n) is 5.69. The lowest BCUT2D eigenvalue weighted by Crippen LogP contribution is -1.96. The lowest BCUT2D eigenvalue weighted by atomic mass is 10.2. The number of halogens is 4. The Morgan fingerprint density at radius 2 is 1.48 bits per heavy atom. The van der Waals surface area contributed by atoms with Gasteiger partial charge in [0.2, 0.25) is 0 Å². The zero-order valence-corrected chi connectivity index (χ0v) is 19.0. The zero-order valence-electron chi connectivity index (χ0n) is 10.4. The van der Waals surface area contributed by atoms with Crippen molar-refractivity contribution in [1.29, 1.82) is 0 Å². The molecule has 3 nitrogen and oxygen atoms in total. The van der Waals surface area contributed by atoms with Gasteiger partial charge in [-0.25, -0.2) is 0 Å². The lowest BCUT2D eigenvalue weighted by molar-refractivity contribution is -0.107. The lowest BCUT2D eigenvalue weighted by Gasteiger charge is -2.13. The van der Waals surface area contributed by atoms with Crippen molar-refractivity contribution in [3.05, 3.63) is 44.1 Å². The molecule has 1 N–H and O–H groups in total. The summed E-state index contributed by atoms with van der Waals surface area (Å²) >= 11 is 8.56. The highest BCUT2D eigenvalue weighted by atomic mass is 127. The van der Waals surface area contributed by atoms with Crippen molar-refractivity contribution in [2.75, 3.05) is 0 Å². The fraction of sp³-hybridized carbons (Fsp3) is 0.0714. The third kappa shape index (κ3) is 4.56. The molecule has 0 saturated heterocycles. The molecule has 2 aromatic carbocycles. The molecule has 0 bridgehead atoms. The van der Waals surface area contributed by atoms with Crippen molar-refractivity contribution in [2.24, 2.45) is 0 Å². The SMILES string of the molecule is O=CCc1cc(I)c(Oc2cc(I)c(O)c(I)c2)c(I)c1. The van der Waals surface area contributed by atoms with E-state index in [2.05, 4.69) is 90.4 Å². The first-order valence-corrected chi connectivity index (χ1v) is 10.0. The molecule has 0 spiro atoms. The van der Waals surface area contributed by atoms with Crippen LogP contribution in [0.25, 0.3) is 0 Å². The fourth-order valence-electron chi connectivity index (χ4n) is 1.64. The maximum atomic E-state index is 10.6. The molecule has 0 aliphatic rings. The van der Waals surface area contributed by atoms with E-state index in [0.29, 0.717) is 12.2 Å². The highest BCUT2D eigenvalue weighted by Crippen LogP contribution is 2.36. The molecule has 21 heavy (non-hydrogen) atoms. The van der Waals surface area contributed by atoms with Gasteiger partial charge in [-0.15, -0.1) is 0 Å². The monoisotopic (exact) mass is 732 g/mol. The van der Waals surface area contributed by atoms with Crippen LogP contribution in [-0.4, -0.2) is 11.4 Å². The number of phenolic OH excluding ortho intramolecular Hbond substituents is 1. The number of hydrogen-bond acceptors (Lipinski definition) is 3. The summed E-state index contributed by atoms with van der Waals surface area (Å²) < 4.78 is 9.37. The highest BCUT2D eigenvalue weighted by Gasteiger charge is 2.12. The summed E-state index contributed by atoms with van der Waals surface area (Å²) in [6.45, 7) is 0. The third-order valence-electron chi connectivity index (χ3n) is 2.59. The van der Waals surface area contributed by atoms with Crippen LogP contribution in [0.4, 0.5) is 0 Å². The molecule has 0 aromatic heterocycles. The average Bonchev–Trinajstić information content (AvgIpc) is 2.40. The maximum absolute atomic E-state index is 10.6. The average molecular weight is 732 g/mol. The van der Waals surface area contributed by atoms with E-state index in [1.54, 1.807) is 12.1 Å². The zero-order chi connectivity index (χ0) is 15.6. The molecule has 0 aliphatic heterocycles. The van der Waals surface area contributed by atoms with E-state index in [1.807, 2.05) is 12.1 Å². The molecule has 0 radical (unpaired) electrons. The molecule has 0 aliphatic carbocycles. The van der Waals surface area contributed by atoms with Gasteiger partial charge >= 0.3 is 0 Å². The number of aldehydes is 1. The molecular formula is C14H8I4O3. The largest absolute Gasteiger partial charge is 0.506 e. The number of hydrogen-bond donors (Lipinski definition) is 1. The number of carbonyl (C=O) groups excluding carboxylic acids is 1. The van der Waals surface area contributed by atoms with E-state index in [-0.39, 0.29) is 5.75 Å². The predicted octanol–water partition coefficient (Wildman–Crippen LogP) is 5.34. The second kappa shape index (κ2) is 7.95. The Morgan fingerprint density at radius 1 is 0.952 bits per heavy atom. The summed E-state index contributed by atoms with van der Waals surface area (Å²) in [5.41, 5.74) is 0.973. The summed E-state index contributed by atoms with van der Waals surface area (Å²) in [6.07, 6.45) is 1.30.